The molecular weight excluding hydrogens is 244 g/mol. The zero-order valence-corrected chi connectivity index (χ0v) is 9.13. The van der Waals surface area contributed by atoms with E-state index in [2.05, 4.69) is 0 Å². The zero-order chi connectivity index (χ0) is 13.1. The van der Waals surface area contributed by atoms with E-state index in [1.807, 2.05) is 0 Å². The van der Waals surface area contributed by atoms with Crippen LogP contribution in [0.3, 0.4) is 0 Å². The summed E-state index contributed by atoms with van der Waals surface area (Å²) in [6.07, 6.45) is -1.90. The molecule has 18 heavy (non-hydrogen) atoms. The minimum absolute atomic E-state index is 0.183. The Morgan fingerprint density at radius 1 is 0.611 bits per heavy atom. The fourth-order valence-corrected chi connectivity index (χ4v) is 1.62. The fraction of sp³-hybridized carbons (Fsp3) is 0. The third-order valence-corrected chi connectivity index (χ3v) is 2.45. The van der Waals surface area contributed by atoms with Gasteiger partial charge in [0.1, 0.15) is 11.6 Å². The lowest BCUT2D eigenvalue weighted by Crippen LogP contribution is -1.90. The molecule has 0 spiro atoms. The van der Waals surface area contributed by atoms with E-state index in [0.29, 0.717) is 0 Å². The Kier molecular flexibility index (Phi) is 3.46. The summed E-state index contributed by atoms with van der Waals surface area (Å²) < 4.78 is 51.4. The van der Waals surface area contributed by atoms with Crippen molar-refractivity contribution in [2.45, 2.75) is 0 Å². The van der Waals surface area contributed by atoms with Gasteiger partial charge in [-0.3, -0.25) is 0 Å². The molecular formula is C14H8F4. The Balaban J connectivity index is 2.51. The first-order valence-electron chi connectivity index (χ1n) is 5.15. The third kappa shape index (κ3) is 2.59. The van der Waals surface area contributed by atoms with Gasteiger partial charge in [-0.15, -0.1) is 0 Å². The maximum atomic E-state index is 13.0. The summed E-state index contributed by atoms with van der Waals surface area (Å²) in [6.45, 7) is 0. The largest absolute Gasteiger partial charge is 0.278 e. The van der Waals surface area contributed by atoms with Gasteiger partial charge < -0.3 is 0 Å². The molecule has 0 fully saturated rings. The molecule has 0 radical (unpaired) electrons. The highest BCUT2D eigenvalue weighted by Crippen LogP contribution is 2.28. The van der Waals surface area contributed by atoms with E-state index in [1.54, 1.807) is 0 Å². The molecule has 92 valence electrons. The first kappa shape index (κ1) is 12.4. The Morgan fingerprint density at radius 2 is 0.944 bits per heavy atom. The van der Waals surface area contributed by atoms with Crippen molar-refractivity contribution in [3.8, 4) is 0 Å². The van der Waals surface area contributed by atoms with E-state index in [0.717, 1.165) is 24.3 Å². The van der Waals surface area contributed by atoms with Gasteiger partial charge in [-0.05, 0) is 35.4 Å². The number of benzene rings is 2. The van der Waals surface area contributed by atoms with Crippen molar-refractivity contribution in [3.05, 3.63) is 77.4 Å². The Morgan fingerprint density at radius 3 is 1.22 bits per heavy atom. The van der Waals surface area contributed by atoms with Crippen LogP contribution in [0.2, 0.25) is 0 Å². The fourth-order valence-electron chi connectivity index (χ4n) is 1.62. The van der Waals surface area contributed by atoms with Crippen LogP contribution < -0.4 is 0 Å². The van der Waals surface area contributed by atoms with Gasteiger partial charge in [-0.2, -0.15) is 8.78 Å². The van der Waals surface area contributed by atoms with E-state index in [4.69, 9.17) is 0 Å². The van der Waals surface area contributed by atoms with Crippen molar-refractivity contribution in [2.75, 3.05) is 0 Å². The van der Waals surface area contributed by atoms with Crippen LogP contribution in [0.4, 0.5) is 17.6 Å². The summed E-state index contributed by atoms with van der Waals surface area (Å²) >= 11 is 0. The van der Waals surface area contributed by atoms with E-state index in [1.165, 1.54) is 24.3 Å². The monoisotopic (exact) mass is 252 g/mol. The van der Waals surface area contributed by atoms with E-state index < -0.39 is 17.7 Å². The zero-order valence-electron chi connectivity index (χ0n) is 9.13. The third-order valence-electron chi connectivity index (χ3n) is 2.45. The topological polar surface area (TPSA) is 0 Å². The Bertz CT molecular complexity index is 516. The molecule has 0 aliphatic heterocycles. The number of halogens is 4. The van der Waals surface area contributed by atoms with E-state index in [9.17, 15) is 17.6 Å². The molecule has 0 amide bonds. The van der Waals surface area contributed by atoms with Gasteiger partial charge in [0.2, 0.25) is 0 Å². The summed E-state index contributed by atoms with van der Waals surface area (Å²) in [7, 11) is 0. The molecule has 4 heteroatoms. The van der Waals surface area contributed by atoms with Crippen LogP contribution in [0.5, 0.6) is 0 Å². The molecule has 0 saturated heterocycles. The molecule has 0 aromatic heterocycles. The molecule has 0 saturated carbocycles. The highest BCUT2D eigenvalue weighted by atomic mass is 19.3. The van der Waals surface area contributed by atoms with Crippen molar-refractivity contribution >= 4 is 5.57 Å². The molecule has 0 atom stereocenters. The predicted octanol–water partition coefficient (Wildman–Crippen LogP) is 4.62. The van der Waals surface area contributed by atoms with Gasteiger partial charge in [-0.25, -0.2) is 8.78 Å². The lowest BCUT2D eigenvalue weighted by molar-refractivity contribution is 0.426. The van der Waals surface area contributed by atoms with Crippen LogP contribution in [0.25, 0.3) is 5.57 Å². The van der Waals surface area contributed by atoms with Crippen LogP contribution in [0.1, 0.15) is 11.1 Å². The number of hydrogen-bond acceptors (Lipinski definition) is 0. The molecule has 0 aliphatic carbocycles. The quantitative estimate of drug-likeness (QED) is 0.684. The van der Waals surface area contributed by atoms with E-state index >= 15 is 0 Å². The Hall–Kier alpha value is -2.10. The van der Waals surface area contributed by atoms with E-state index in [-0.39, 0.29) is 16.7 Å². The minimum Gasteiger partial charge on any atom is -0.207 e. The predicted molar refractivity (Wildman–Crippen MR) is 61.0 cm³/mol. The summed E-state index contributed by atoms with van der Waals surface area (Å²) in [5.41, 5.74) is 0.0426. The maximum Gasteiger partial charge on any atom is 0.278 e. The molecule has 0 aliphatic rings. The molecule has 0 N–H and O–H groups in total. The van der Waals surface area contributed by atoms with Crippen LogP contribution in [0, 0.1) is 11.6 Å². The first-order valence-corrected chi connectivity index (χ1v) is 5.15. The average molecular weight is 252 g/mol. The van der Waals surface area contributed by atoms with Crippen LogP contribution in [0.15, 0.2) is 54.6 Å². The first-order chi connectivity index (χ1) is 8.58. The summed E-state index contributed by atoms with van der Waals surface area (Å²) in [5, 5.41) is 0. The van der Waals surface area contributed by atoms with Gasteiger partial charge in [0, 0.05) is 0 Å². The lowest BCUT2D eigenvalue weighted by Gasteiger charge is -2.07. The summed E-state index contributed by atoms with van der Waals surface area (Å²) in [6, 6.07) is 9.42. The normalized spacial score (nSPS) is 10.2. The van der Waals surface area contributed by atoms with Gasteiger partial charge in [0.25, 0.3) is 6.08 Å². The van der Waals surface area contributed by atoms with Gasteiger partial charge in [0.15, 0.2) is 0 Å². The van der Waals surface area contributed by atoms with Gasteiger partial charge in [-0.1, -0.05) is 24.3 Å². The van der Waals surface area contributed by atoms with Crippen molar-refractivity contribution < 1.29 is 17.6 Å². The van der Waals surface area contributed by atoms with Gasteiger partial charge in [0.05, 0.1) is 5.57 Å². The number of hydrogen-bond donors (Lipinski definition) is 0. The molecule has 0 nitrogen and oxygen atoms in total. The average Bonchev–Trinajstić information content (AvgIpc) is 2.34. The molecule has 2 aromatic rings. The smallest absolute Gasteiger partial charge is 0.207 e. The van der Waals surface area contributed by atoms with Crippen molar-refractivity contribution in [3.63, 3.8) is 0 Å². The second-order valence-corrected chi connectivity index (χ2v) is 3.65. The van der Waals surface area contributed by atoms with Crippen molar-refractivity contribution in [1.29, 1.82) is 0 Å². The molecule has 2 aromatic carbocycles. The Labute approximate surface area is 101 Å². The SMILES string of the molecule is FC(F)=C(c1ccc(F)cc1)c1ccc(F)cc1. The molecule has 2 rings (SSSR count). The lowest BCUT2D eigenvalue weighted by atomic mass is 9.99. The summed E-state index contributed by atoms with van der Waals surface area (Å²) in [5.74, 6) is -1.01. The highest BCUT2D eigenvalue weighted by molar-refractivity contribution is 5.80. The van der Waals surface area contributed by atoms with Crippen molar-refractivity contribution in [1.82, 2.24) is 0 Å². The van der Waals surface area contributed by atoms with Gasteiger partial charge >= 0.3 is 0 Å². The molecule has 0 bridgehead atoms. The standard InChI is InChI=1S/C14H8F4/c15-11-5-1-9(2-6-11)13(14(17)18)10-3-7-12(16)8-4-10/h1-8H. The van der Waals surface area contributed by atoms with Crippen molar-refractivity contribution in [2.24, 2.45) is 0 Å². The van der Waals surface area contributed by atoms with Crippen LogP contribution >= 0.6 is 0 Å². The number of rotatable bonds is 2. The van der Waals surface area contributed by atoms with Crippen LogP contribution in [-0.2, 0) is 0 Å². The second-order valence-electron chi connectivity index (χ2n) is 3.65. The highest BCUT2D eigenvalue weighted by Gasteiger charge is 2.12. The summed E-state index contributed by atoms with van der Waals surface area (Å²) in [4.78, 5) is 0. The second kappa shape index (κ2) is 5.04. The molecule has 0 heterocycles. The molecule has 0 unspecified atom stereocenters. The maximum absolute atomic E-state index is 13.0. The minimum atomic E-state index is -1.90. The van der Waals surface area contributed by atoms with Crippen LogP contribution in [-0.4, -0.2) is 0 Å².